The Morgan fingerprint density at radius 3 is 2.50 bits per heavy atom. The van der Waals surface area contributed by atoms with Gasteiger partial charge in [0.1, 0.15) is 5.82 Å². The van der Waals surface area contributed by atoms with Crippen LogP contribution in [0.1, 0.15) is 31.2 Å². The summed E-state index contributed by atoms with van der Waals surface area (Å²) in [5.41, 5.74) is 1.70. The normalized spacial score (nSPS) is 17.9. The van der Waals surface area contributed by atoms with Crippen molar-refractivity contribution in [3.8, 4) is 22.8 Å². The van der Waals surface area contributed by atoms with E-state index in [2.05, 4.69) is 19.9 Å². The minimum atomic E-state index is -3.59. The molecule has 38 heavy (non-hydrogen) atoms. The smallest absolute Gasteiger partial charge is 0.240 e. The molecule has 3 aliphatic rings. The molecular weight excluding hydrogens is 504 g/mol. The number of benzene rings is 2. The third-order valence-corrected chi connectivity index (χ3v) is 8.96. The van der Waals surface area contributed by atoms with Gasteiger partial charge in [-0.1, -0.05) is 24.3 Å². The third-order valence-electron chi connectivity index (χ3n) is 7.48. The zero-order chi connectivity index (χ0) is 26.2. The number of rotatable bonds is 9. The van der Waals surface area contributed by atoms with Crippen LogP contribution in [0.5, 0.6) is 11.5 Å². The highest BCUT2D eigenvalue weighted by atomic mass is 32.2. The van der Waals surface area contributed by atoms with Gasteiger partial charge in [0.15, 0.2) is 11.5 Å². The number of nitrogens with zero attached hydrogens (tertiary/aromatic N) is 2. The van der Waals surface area contributed by atoms with Gasteiger partial charge in [0.2, 0.25) is 22.7 Å². The number of carbonyl (C=O) groups excluding carboxylic acids is 1. The Bertz CT molecular complexity index is 1450. The van der Waals surface area contributed by atoms with Gasteiger partial charge in [-0.2, -0.15) is 0 Å². The number of aromatic nitrogens is 1. The van der Waals surface area contributed by atoms with E-state index in [1.807, 2.05) is 30.3 Å². The van der Waals surface area contributed by atoms with Gasteiger partial charge in [0, 0.05) is 18.7 Å². The minimum Gasteiger partial charge on any atom is -0.454 e. The second kappa shape index (κ2) is 10.0. The van der Waals surface area contributed by atoms with Gasteiger partial charge < -0.3 is 19.7 Å². The first-order valence-electron chi connectivity index (χ1n) is 12.9. The Morgan fingerprint density at radius 2 is 1.74 bits per heavy atom. The summed E-state index contributed by atoms with van der Waals surface area (Å²) in [6, 6.07) is 17.7. The molecule has 1 saturated carbocycles. The first-order valence-corrected chi connectivity index (χ1v) is 14.4. The van der Waals surface area contributed by atoms with Gasteiger partial charge in [-0.15, -0.1) is 0 Å². The van der Waals surface area contributed by atoms with Gasteiger partial charge in [-0.3, -0.25) is 4.79 Å². The number of ether oxygens (including phenoxy) is 2. The lowest BCUT2D eigenvalue weighted by Crippen LogP contribution is -2.33. The van der Waals surface area contributed by atoms with E-state index in [4.69, 9.17) is 9.47 Å². The average molecular weight is 535 g/mol. The molecule has 3 aromatic rings. The molecular formula is C28H30N4O5S. The molecule has 2 aliphatic heterocycles. The van der Waals surface area contributed by atoms with E-state index in [0.717, 1.165) is 43.6 Å². The molecule has 1 aliphatic carbocycles. The lowest BCUT2D eigenvalue weighted by Gasteiger charge is -2.16. The summed E-state index contributed by atoms with van der Waals surface area (Å²) in [5.74, 6) is 1.69. The molecule has 0 unspecified atom stereocenters. The molecule has 2 fully saturated rings. The Balaban J connectivity index is 1.12. The molecule has 0 radical (unpaired) electrons. The van der Waals surface area contributed by atoms with E-state index < -0.39 is 15.4 Å². The van der Waals surface area contributed by atoms with Crippen LogP contribution in [0.2, 0.25) is 0 Å². The summed E-state index contributed by atoms with van der Waals surface area (Å²) in [7, 11) is -3.59. The van der Waals surface area contributed by atoms with Gasteiger partial charge in [-0.25, -0.2) is 18.1 Å². The molecule has 0 bridgehead atoms. The average Bonchev–Trinajstić information content (AvgIpc) is 3.33. The van der Waals surface area contributed by atoms with Crippen molar-refractivity contribution in [2.24, 2.45) is 0 Å². The number of pyridine rings is 1. The molecule has 3 heterocycles. The van der Waals surface area contributed by atoms with Crippen molar-refractivity contribution in [2.75, 3.05) is 38.3 Å². The van der Waals surface area contributed by atoms with Crippen LogP contribution >= 0.6 is 0 Å². The highest BCUT2D eigenvalue weighted by Crippen LogP contribution is 2.51. The van der Waals surface area contributed by atoms with Crippen LogP contribution in [0.3, 0.4) is 0 Å². The number of hydrogen-bond acceptors (Lipinski definition) is 7. The first kappa shape index (κ1) is 24.8. The van der Waals surface area contributed by atoms with Crippen molar-refractivity contribution in [3.63, 3.8) is 0 Å². The standard InChI is InChI=1S/C28H30N4O5S/c33-27(28(12-13-28)21-8-11-24-25(18-21)37-19-36-24)31-26-5-3-4-23(30-26)20-6-9-22(10-7-20)38(34,35)29-14-17-32-15-1-2-16-32/h3-11,18,29H,1-2,12-17,19H2,(H,30,31,33). The number of nitrogens with one attached hydrogen (secondary N) is 2. The maximum Gasteiger partial charge on any atom is 0.240 e. The van der Waals surface area contributed by atoms with E-state index in [0.29, 0.717) is 29.6 Å². The fourth-order valence-corrected chi connectivity index (χ4v) is 6.12. The Hall–Kier alpha value is -3.47. The molecule has 2 N–H and O–H groups in total. The lowest BCUT2D eigenvalue weighted by molar-refractivity contribution is -0.118. The van der Waals surface area contributed by atoms with Gasteiger partial charge >= 0.3 is 0 Å². The maximum atomic E-state index is 13.3. The van der Waals surface area contributed by atoms with Gasteiger partial charge in [-0.05, 0) is 80.7 Å². The van der Waals surface area contributed by atoms with E-state index in [1.54, 1.807) is 30.3 Å². The molecule has 1 aromatic heterocycles. The minimum absolute atomic E-state index is 0.109. The van der Waals surface area contributed by atoms with Crippen molar-refractivity contribution >= 4 is 21.7 Å². The Kier molecular flexibility index (Phi) is 6.55. The van der Waals surface area contributed by atoms with Crippen molar-refractivity contribution in [1.82, 2.24) is 14.6 Å². The number of fused-ring (bicyclic) bond motifs is 1. The molecule has 1 saturated heterocycles. The summed E-state index contributed by atoms with van der Waals surface area (Å²) in [4.78, 5) is 20.4. The fourth-order valence-electron chi connectivity index (χ4n) is 5.10. The van der Waals surface area contributed by atoms with Crippen LogP contribution in [0.25, 0.3) is 11.3 Å². The third kappa shape index (κ3) is 4.99. The number of hydrogen-bond donors (Lipinski definition) is 2. The number of sulfonamides is 1. The maximum absolute atomic E-state index is 13.3. The number of carbonyl (C=O) groups is 1. The summed E-state index contributed by atoms with van der Waals surface area (Å²) in [6.07, 6.45) is 3.85. The summed E-state index contributed by atoms with van der Waals surface area (Å²) >= 11 is 0. The van der Waals surface area contributed by atoms with E-state index in [1.165, 1.54) is 12.8 Å². The molecule has 198 valence electrons. The molecule has 9 nitrogen and oxygen atoms in total. The van der Waals surface area contributed by atoms with E-state index >= 15 is 0 Å². The van der Waals surface area contributed by atoms with Gasteiger partial charge in [0.05, 0.1) is 16.0 Å². The van der Waals surface area contributed by atoms with Crippen molar-refractivity contribution in [3.05, 3.63) is 66.2 Å². The van der Waals surface area contributed by atoms with E-state index in [9.17, 15) is 13.2 Å². The van der Waals surface area contributed by atoms with Crippen LogP contribution in [-0.4, -0.2) is 57.2 Å². The topological polar surface area (TPSA) is 110 Å². The fraction of sp³-hybridized carbons (Fsp3) is 0.357. The molecule has 1 amide bonds. The number of likely N-dealkylation sites (tertiary alicyclic amines) is 1. The molecule has 0 atom stereocenters. The quantitative estimate of drug-likeness (QED) is 0.432. The SMILES string of the molecule is O=C(Nc1cccc(-c2ccc(S(=O)(=O)NCCN3CCCC3)cc2)n1)C1(c2ccc3c(c2)OCO3)CC1. The zero-order valence-corrected chi connectivity index (χ0v) is 21.8. The Morgan fingerprint density at radius 1 is 0.974 bits per heavy atom. The van der Waals surface area contributed by atoms with Crippen LogP contribution in [-0.2, 0) is 20.2 Å². The second-order valence-electron chi connectivity index (χ2n) is 9.98. The van der Waals surface area contributed by atoms with Crippen LogP contribution in [0, 0.1) is 0 Å². The highest BCUT2D eigenvalue weighted by Gasteiger charge is 2.51. The second-order valence-corrected chi connectivity index (χ2v) is 11.8. The predicted octanol–water partition coefficient (Wildman–Crippen LogP) is 3.52. The van der Waals surface area contributed by atoms with Crippen molar-refractivity contribution in [1.29, 1.82) is 0 Å². The Labute approximate surface area is 222 Å². The molecule has 6 rings (SSSR count). The molecule has 2 aromatic carbocycles. The highest BCUT2D eigenvalue weighted by molar-refractivity contribution is 7.89. The first-order chi connectivity index (χ1) is 18.4. The summed E-state index contributed by atoms with van der Waals surface area (Å²) in [5, 5.41) is 2.97. The van der Waals surface area contributed by atoms with Crippen molar-refractivity contribution < 1.29 is 22.7 Å². The van der Waals surface area contributed by atoms with Crippen LogP contribution < -0.4 is 19.5 Å². The number of amides is 1. The molecule has 0 spiro atoms. The van der Waals surface area contributed by atoms with Crippen LogP contribution in [0.4, 0.5) is 5.82 Å². The summed E-state index contributed by atoms with van der Waals surface area (Å²) in [6.45, 7) is 3.36. The zero-order valence-electron chi connectivity index (χ0n) is 21.0. The monoisotopic (exact) mass is 534 g/mol. The number of anilines is 1. The predicted molar refractivity (Wildman–Crippen MR) is 143 cm³/mol. The van der Waals surface area contributed by atoms with Gasteiger partial charge in [0.25, 0.3) is 0 Å². The molecule has 10 heteroatoms. The van der Waals surface area contributed by atoms with Crippen LogP contribution in [0.15, 0.2) is 65.6 Å². The van der Waals surface area contributed by atoms with E-state index in [-0.39, 0.29) is 17.6 Å². The van der Waals surface area contributed by atoms with Crippen molar-refractivity contribution in [2.45, 2.75) is 36.0 Å². The lowest BCUT2D eigenvalue weighted by atomic mass is 9.94. The largest absolute Gasteiger partial charge is 0.454 e. The summed E-state index contributed by atoms with van der Waals surface area (Å²) < 4.78 is 39.0.